The van der Waals surface area contributed by atoms with Crippen molar-refractivity contribution in [1.82, 2.24) is 15.2 Å². The molecule has 0 fully saturated rings. The first-order valence-corrected chi connectivity index (χ1v) is 11.9. The van der Waals surface area contributed by atoms with Crippen LogP contribution in [0.15, 0.2) is 52.7 Å². The Morgan fingerprint density at radius 1 is 1.27 bits per heavy atom. The Labute approximate surface area is 183 Å². The van der Waals surface area contributed by atoms with E-state index in [-0.39, 0.29) is 6.23 Å². The van der Waals surface area contributed by atoms with Crippen LogP contribution in [0.2, 0.25) is 0 Å². The van der Waals surface area contributed by atoms with E-state index in [0.717, 1.165) is 36.9 Å². The summed E-state index contributed by atoms with van der Waals surface area (Å²) >= 11 is 1.48. The lowest BCUT2D eigenvalue weighted by atomic mass is 9.79. The van der Waals surface area contributed by atoms with Crippen LogP contribution in [0.4, 0.5) is 5.69 Å². The van der Waals surface area contributed by atoms with E-state index >= 15 is 0 Å². The first-order chi connectivity index (χ1) is 14.5. The highest BCUT2D eigenvalue weighted by Crippen LogP contribution is 2.41. The molecule has 0 amide bonds. The first kappa shape index (κ1) is 20.9. The summed E-state index contributed by atoms with van der Waals surface area (Å²) in [5, 5.41) is 12.9. The minimum atomic E-state index is -0.149. The van der Waals surface area contributed by atoms with Gasteiger partial charge in [-0.25, -0.2) is 0 Å². The van der Waals surface area contributed by atoms with Crippen LogP contribution in [0.25, 0.3) is 11.3 Å². The van der Waals surface area contributed by atoms with Crippen molar-refractivity contribution in [1.29, 1.82) is 0 Å². The van der Waals surface area contributed by atoms with E-state index in [2.05, 4.69) is 59.5 Å². The zero-order valence-electron chi connectivity index (χ0n) is 18.2. The summed E-state index contributed by atoms with van der Waals surface area (Å²) in [5.74, 6) is 1.37. The predicted octanol–water partition coefficient (Wildman–Crippen LogP) is 6.11. The van der Waals surface area contributed by atoms with Crippen LogP contribution in [-0.2, 0) is 0 Å². The van der Waals surface area contributed by atoms with Crippen LogP contribution < -0.4 is 10.1 Å². The normalized spacial score (nSPS) is 22.5. The molecule has 0 unspecified atom stereocenters. The summed E-state index contributed by atoms with van der Waals surface area (Å²) in [6.07, 6.45) is 11.1. The van der Waals surface area contributed by atoms with Crippen LogP contribution in [-0.4, -0.2) is 27.7 Å². The fraction of sp³-hybridized carbons (Fsp3) is 0.458. The van der Waals surface area contributed by atoms with Gasteiger partial charge in [-0.3, -0.25) is 0 Å². The third kappa shape index (κ3) is 4.53. The van der Waals surface area contributed by atoms with E-state index in [1.54, 1.807) is 5.57 Å². The molecule has 0 saturated carbocycles. The lowest BCUT2D eigenvalue weighted by Gasteiger charge is -2.34. The van der Waals surface area contributed by atoms with Crippen molar-refractivity contribution in [2.24, 2.45) is 11.8 Å². The summed E-state index contributed by atoms with van der Waals surface area (Å²) < 4.78 is 6.46. The number of aromatic nitrogens is 3. The van der Waals surface area contributed by atoms with Crippen molar-refractivity contribution in [3.63, 3.8) is 0 Å². The largest absolute Gasteiger partial charge is 0.452 e. The third-order valence-electron chi connectivity index (χ3n) is 5.92. The van der Waals surface area contributed by atoms with Gasteiger partial charge >= 0.3 is 0 Å². The summed E-state index contributed by atoms with van der Waals surface area (Å²) in [6.45, 7) is 6.64. The van der Waals surface area contributed by atoms with Crippen molar-refractivity contribution in [2.75, 3.05) is 11.6 Å². The van der Waals surface area contributed by atoms with Gasteiger partial charge in [0.15, 0.2) is 11.9 Å². The quantitative estimate of drug-likeness (QED) is 0.463. The lowest BCUT2D eigenvalue weighted by Crippen LogP contribution is -2.39. The van der Waals surface area contributed by atoms with Crippen LogP contribution in [0.3, 0.4) is 0 Å². The maximum Gasteiger partial charge on any atom is 0.247 e. The summed E-state index contributed by atoms with van der Waals surface area (Å²) in [6, 6.07) is 8.18. The van der Waals surface area contributed by atoms with Gasteiger partial charge in [0.2, 0.25) is 11.0 Å². The van der Waals surface area contributed by atoms with Crippen LogP contribution >= 0.6 is 11.8 Å². The number of nitrogens with one attached hydrogen (secondary N) is 1. The number of thioether (sulfide) groups is 1. The SMILES string of the molecule is CSc1nnc2c(n1)O[C@H]([C@@H]1CCC(CCC=C(C)C)=C[C@H]1C)Nc1ccccc1-2. The van der Waals surface area contributed by atoms with E-state index in [4.69, 9.17) is 4.74 Å². The molecule has 1 aromatic carbocycles. The molecule has 30 heavy (non-hydrogen) atoms. The van der Waals surface area contributed by atoms with Gasteiger partial charge < -0.3 is 10.1 Å². The number of para-hydroxylation sites is 1. The Hall–Kier alpha value is -2.34. The summed E-state index contributed by atoms with van der Waals surface area (Å²) in [5.41, 5.74) is 5.69. The van der Waals surface area contributed by atoms with Gasteiger partial charge in [-0.2, -0.15) is 4.98 Å². The van der Waals surface area contributed by atoms with Gasteiger partial charge in [0, 0.05) is 17.2 Å². The Kier molecular flexibility index (Phi) is 6.42. The number of hydrogen-bond acceptors (Lipinski definition) is 6. The molecule has 1 aliphatic carbocycles. The van der Waals surface area contributed by atoms with E-state index in [0.29, 0.717) is 28.6 Å². The summed E-state index contributed by atoms with van der Waals surface area (Å²) in [4.78, 5) is 4.64. The minimum Gasteiger partial charge on any atom is -0.452 e. The fourth-order valence-corrected chi connectivity index (χ4v) is 4.62. The maximum atomic E-state index is 6.46. The molecule has 1 aromatic heterocycles. The molecule has 2 aliphatic rings. The highest BCUT2D eigenvalue weighted by molar-refractivity contribution is 7.98. The second-order valence-electron chi connectivity index (χ2n) is 8.39. The maximum absolute atomic E-state index is 6.46. The Morgan fingerprint density at radius 2 is 2.10 bits per heavy atom. The van der Waals surface area contributed by atoms with Crippen molar-refractivity contribution in [2.45, 2.75) is 57.8 Å². The van der Waals surface area contributed by atoms with E-state index in [1.807, 2.05) is 24.5 Å². The van der Waals surface area contributed by atoms with Gasteiger partial charge in [-0.05, 0) is 57.8 Å². The van der Waals surface area contributed by atoms with Crippen LogP contribution in [0.1, 0.15) is 46.5 Å². The first-order valence-electron chi connectivity index (χ1n) is 10.7. The molecule has 0 bridgehead atoms. The molecule has 2 heterocycles. The molecular formula is C24H30N4OS. The lowest BCUT2D eigenvalue weighted by molar-refractivity contribution is 0.120. The van der Waals surface area contributed by atoms with Crippen LogP contribution in [0, 0.1) is 11.8 Å². The molecular weight excluding hydrogens is 392 g/mol. The molecule has 5 nitrogen and oxygen atoms in total. The number of benzene rings is 1. The fourth-order valence-electron chi connectivity index (χ4n) is 4.32. The topological polar surface area (TPSA) is 59.9 Å². The standard InChI is InChI=1S/C24H30N4OS/c1-15(2)8-7-9-17-12-13-18(16(3)14-17)22-25-20-11-6-5-10-19(20)21-23(29-22)26-24(30-4)28-27-21/h5-6,8,10-11,14,16,18,22,25H,7,9,12-13H2,1-4H3/t16-,18-,22-/m1/s1. The van der Waals surface area contributed by atoms with Crippen molar-refractivity contribution < 1.29 is 4.74 Å². The van der Waals surface area contributed by atoms with E-state index < -0.39 is 0 Å². The van der Waals surface area contributed by atoms with Gasteiger partial charge in [-0.15, -0.1) is 10.2 Å². The van der Waals surface area contributed by atoms with Crippen molar-refractivity contribution >= 4 is 17.4 Å². The van der Waals surface area contributed by atoms with Gasteiger partial charge in [0.05, 0.1) is 0 Å². The minimum absolute atomic E-state index is 0.149. The molecule has 1 N–H and O–H groups in total. The zero-order valence-corrected chi connectivity index (χ0v) is 19.0. The number of allylic oxidation sites excluding steroid dienone is 4. The monoisotopic (exact) mass is 422 g/mol. The molecule has 6 heteroatoms. The Balaban J connectivity index is 1.59. The van der Waals surface area contributed by atoms with Crippen molar-refractivity contribution in [3.05, 3.63) is 47.6 Å². The number of fused-ring (bicyclic) bond motifs is 3. The second kappa shape index (κ2) is 9.21. The average molecular weight is 423 g/mol. The molecule has 0 radical (unpaired) electrons. The summed E-state index contributed by atoms with van der Waals surface area (Å²) in [7, 11) is 0. The van der Waals surface area contributed by atoms with Gasteiger partial charge in [-0.1, -0.05) is 60.2 Å². The average Bonchev–Trinajstić information content (AvgIpc) is 2.89. The number of anilines is 1. The molecule has 1 aliphatic heterocycles. The molecule has 4 rings (SSSR count). The van der Waals surface area contributed by atoms with E-state index in [1.165, 1.54) is 17.3 Å². The van der Waals surface area contributed by atoms with Crippen molar-refractivity contribution in [3.8, 4) is 17.1 Å². The number of ether oxygens (including phenoxy) is 1. The Bertz CT molecular complexity index is 967. The molecule has 3 atom stereocenters. The smallest absolute Gasteiger partial charge is 0.247 e. The molecule has 2 aromatic rings. The molecule has 0 saturated heterocycles. The van der Waals surface area contributed by atoms with Crippen LogP contribution in [0.5, 0.6) is 5.88 Å². The van der Waals surface area contributed by atoms with Gasteiger partial charge in [0.25, 0.3) is 0 Å². The number of hydrogen-bond donors (Lipinski definition) is 1. The van der Waals surface area contributed by atoms with Gasteiger partial charge in [0.1, 0.15) is 0 Å². The molecule has 158 valence electrons. The van der Waals surface area contributed by atoms with E-state index in [9.17, 15) is 0 Å². The third-order valence-corrected chi connectivity index (χ3v) is 6.45. The molecule has 0 spiro atoms. The predicted molar refractivity (Wildman–Crippen MR) is 124 cm³/mol. The second-order valence-corrected chi connectivity index (χ2v) is 9.16. The number of rotatable bonds is 5. The number of nitrogens with zero attached hydrogens (tertiary/aromatic N) is 3. The highest BCUT2D eigenvalue weighted by Gasteiger charge is 2.34. The Morgan fingerprint density at radius 3 is 2.87 bits per heavy atom. The highest BCUT2D eigenvalue weighted by atomic mass is 32.2. The zero-order chi connectivity index (χ0) is 21.1.